The summed E-state index contributed by atoms with van der Waals surface area (Å²) in [5.74, 6) is 3.90. The van der Waals surface area contributed by atoms with E-state index in [1.54, 1.807) is 0 Å². The molecule has 2 N–H and O–H groups in total. The standard InChI is InChI=1S/C24H21NS2/c25-24-16-6-5-7-17(24)13-27-15-23-19-9-2-1-8-18(19)22(14-26-12-16)20-10-3-4-11-21(20)23/h1-11H,12-15,25H2. The molecular weight excluding hydrogens is 366 g/mol. The summed E-state index contributed by atoms with van der Waals surface area (Å²) in [7, 11) is 0. The minimum atomic E-state index is 0.953. The molecule has 0 aromatic heterocycles. The van der Waals surface area contributed by atoms with E-state index in [4.69, 9.17) is 5.73 Å². The first-order valence-corrected chi connectivity index (χ1v) is 11.6. The SMILES string of the molecule is Nc1c2cccc1CSCc1c3ccccc3c(c3ccccc13)CSC2. The quantitative estimate of drug-likeness (QED) is 0.267. The zero-order chi connectivity index (χ0) is 18.2. The van der Waals surface area contributed by atoms with Crippen LogP contribution in [0.3, 0.4) is 0 Å². The number of hydrogen-bond donors (Lipinski definition) is 1. The van der Waals surface area contributed by atoms with E-state index < -0.39 is 0 Å². The van der Waals surface area contributed by atoms with E-state index in [0.29, 0.717) is 0 Å². The lowest BCUT2D eigenvalue weighted by atomic mass is 9.93. The van der Waals surface area contributed by atoms with E-state index in [1.165, 1.54) is 43.8 Å². The monoisotopic (exact) mass is 387 g/mol. The molecule has 27 heavy (non-hydrogen) atoms. The van der Waals surface area contributed by atoms with Crippen LogP contribution in [0.1, 0.15) is 22.3 Å². The molecular formula is C24H21NS2. The maximum atomic E-state index is 6.48. The highest BCUT2D eigenvalue weighted by Crippen LogP contribution is 2.39. The highest BCUT2D eigenvalue weighted by Gasteiger charge is 2.15. The van der Waals surface area contributed by atoms with Crippen molar-refractivity contribution in [1.82, 2.24) is 0 Å². The third-order valence-corrected chi connectivity index (χ3v) is 7.47. The molecule has 3 heteroatoms. The summed E-state index contributed by atoms with van der Waals surface area (Å²) in [4.78, 5) is 0. The molecule has 0 fully saturated rings. The van der Waals surface area contributed by atoms with Crippen LogP contribution in [-0.4, -0.2) is 0 Å². The molecule has 0 saturated heterocycles. The summed E-state index contributed by atoms with van der Waals surface area (Å²) in [5, 5.41) is 5.60. The number of para-hydroxylation sites is 1. The summed E-state index contributed by atoms with van der Waals surface area (Å²) in [6.45, 7) is 0. The van der Waals surface area contributed by atoms with Crippen molar-refractivity contribution in [1.29, 1.82) is 0 Å². The van der Waals surface area contributed by atoms with Crippen LogP contribution in [0.2, 0.25) is 0 Å². The lowest BCUT2D eigenvalue weighted by Gasteiger charge is -2.16. The van der Waals surface area contributed by atoms with Crippen LogP contribution in [0.4, 0.5) is 5.69 Å². The van der Waals surface area contributed by atoms with Gasteiger partial charge < -0.3 is 5.73 Å². The Balaban J connectivity index is 1.74. The second-order valence-corrected chi connectivity index (χ2v) is 9.00. The maximum Gasteiger partial charge on any atom is 0.0396 e. The van der Waals surface area contributed by atoms with Gasteiger partial charge in [-0.25, -0.2) is 0 Å². The first kappa shape index (κ1) is 17.0. The number of anilines is 1. The van der Waals surface area contributed by atoms with E-state index in [-0.39, 0.29) is 0 Å². The van der Waals surface area contributed by atoms with Crippen molar-refractivity contribution >= 4 is 50.8 Å². The maximum absolute atomic E-state index is 6.48. The third kappa shape index (κ3) is 2.99. The number of fused-ring (bicyclic) bond motifs is 4. The van der Waals surface area contributed by atoms with Crippen LogP contribution < -0.4 is 5.73 Å². The highest BCUT2D eigenvalue weighted by atomic mass is 32.2. The van der Waals surface area contributed by atoms with Gasteiger partial charge in [0, 0.05) is 28.7 Å². The van der Waals surface area contributed by atoms with Gasteiger partial charge in [-0.3, -0.25) is 0 Å². The van der Waals surface area contributed by atoms with E-state index >= 15 is 0 Å². The van der Waals surface area contributed by atoms with E-state index in [9.17, 15) is 0 Å². The summed E-state index contributed by atoms with van der Waals surface area (Å²) >= 11 is 3.92. The predicted molar refractivity (Wildman–Crippen MR) is 122 cm³/mol. The molecule has 2 aliphatic rings. The van der Waals surface area contributed by atoms with Crippen molar-refractivity contribution in [3.8, 4) is 0 Å². The average Bonchev–Trinajstić information content (AvgIpc) is 2.71. The van der Waals surface area contributed by atoms with Crippen molar-refractivity contribution in [2.45, 2.75) is 23.0 Å². The van der Waals surface area contributed by atoms with Gasteiger partial charge in [-0.1, -0.05) is 66.7 Å². The molecule has 6 rings (SSSR count). The van der Waals surface area contributed by atoms with Gasteiger partial charge in [0.2, 0.25) is 0 Å². The number of rotatable bonds is 0. The molecule has 0 unspecified atom stereocenters. The Morgan fingerprint density at radius 3 is 1.33 bits per heavy atom. The van der Waals surface area contributed by atoms with E-state index in [2.05, 4.69) is 66.7 Å². The van der Waals surface area contributed by atoms with Crippen molar-refractivity contribution in [2.75, 3.05) is 5.73 Å². The van der Waals surface area contributed by atoms with E-state index in [1.807, 2.05) is 23.5 Å². The number of hydrogen-bond acceptors (Lipinski definition) is 3. The number of nitrogens with two attached hydrogens (primary N) is 1. The first-order chi connectivity index (χ1) is 13.3. The molecule has 134 valence electrons. The Morgan fingerprint density at radius 1 is 0.519 bits per heavy atom. The zero-order valence-electron chi connectivity index (χ0n) is 15.1. The lowest BCUT2D eigenvalue weighted by Crippen LogP contribution is -1.98. The van der Waals surface area contributed by atoms with Crippen LogP contribution in [0, 0.1) is 0 Å². The number of benzene rings is 4. The van der Waals surface area contributed by atoms with Crippen molar-refractivity contribution < 1.29 is 0 Å². The van der Waals surface area contributed by atoms with Crippen LogP contribution in [0.25, 0.3) is 21.5 Å². The smallest absolute Gasteiger partial charge is 0.0396 e. The molecule has 0 spiro atoms. The summed E-state index contributed by atoms with van der Waals surface area (Å²) < 4.78 is 0. The van der Waals surface area contributed by atoms with Crippen molar-refractivity contribution in [3.63, 3.8) is 0 Å². The Bertz CT molecular complexity index is 1010. The van der Waals surface area contributed by atoms with Crippen molar-refractivity contribution in [2.24, 2.45) is 0 Å². The Morgan fingerprint density at radius 2 is 0.926 bits per heavy atom. The van der Waals surface area contributed by atoms with Crippen LogP contribution in [0.15, 0.2) is 66.7 Å². The fraction of sp³-hybridized carbons (Fsp3) is 0.167. The summed E-state index contributed by atoms with van der Waals surface area (Å²) in [6, 6.07) is 24.3. The second-order valence-electron chi connectivity index (χ2n) is 7.02. The Kier molecular flexibility index (Phi) is 4.50. The molecule has 1 nitrogen and oxygen atoms in total. The van der Waals surface area contributed by atoms with Crippen LogP contribution in [0.5, 0.6) is 0 Å². The van der Waals surface area contributed by atoms with Gasteiger partial charge in [-0.05, 0) is 43.8 Å². The van der Waals surface area contributed by atoms with Crippen molar-refractivity contribution in [3.05, 3.63) is 89.0 Å². The van der Waals surface area contributed by atoms with Crippen LogP contribution in [-0.2, 0) is 23.0 Å². The molecule has 0 aliphatic carbocycles. The molecule has 2 heterocycles. The normalized spacial score (nSPS) is 14.7. The first-order valence-electron chi connectivity index (χ1n) is 9.26. The molecule has 4 aromatic carbocycles. The zero-order valence-corrected chi connectivity index (χ0v) is 16.7. The molecule has 4 bridgehead atoms. The van der Waals surface area contributed by atoms with Gasteiger partial charge in [-0.15, -0.1) is 0 Å². The molecule has 0 amide bonds. The third-order valence-electron chi connectivity index (χ3n) is 5.45. The summed E-state index contributed by atoms with van der Waals surface area (Å²) in [6.07, 6.45) is 0. The lowest BCUT2D eigenvalue weighted by molar-refractivity contribution is 1.33. The topological polar surface area (TPSA) is 26.0 Å². The fourth-order valence-electron chi connectivity index (χ4n) is 4.06. The van der Waals surface area contributed by atoms with Gasteiger partial charge in [0.15, 0.2) is 0 Å². The van der Waals surface area contributed by atoms with Gasteiger partial charge >= 0.3 is 0 Å². The largest absolute Gasteiger partial charge is 0.398 e. The average molecular weight is 388 g/mol. The molecule has 4 aromatic rings. The molecule has 0 saturated carbocycles. The van der Waals surface area contributed by atoms with E-state index in [0.717, 1.165) is 28.7 Å². The Hall–Kier alpha value is -2.10. The molecule has 2 aliphatic heterocycles. The second kappa shape index (κ2) is 7.14. The van der Waals surface area contributed by atoms with Gasteiger partial charge in [0.05, 0.1) is 0 Å². The molecule has 0 atom stereocenters. The fourth-order valence-corrected chi connectivity index (χ4v) is 6.24. The Labute approximate surface area is 168 Å². The van der Waals surface area contributed by atoms with Crippen LogP contribution >= 0.6 is 23.5 Å². The minimum absolute atomic E-state index is 0.953. The van der Waals surface area contributed by atoms with Gasteiger partial charge in [0.1, 0.15) is 0 Å². The summed E-state index contributed by atoms with van der Waals surface area (Å²) in [5.41, 5.74) is 12.9. The number of nitrogen functional groups attached to an aromatic ring is 1. The molecule has 0 radical (unpaired) electrons. The minimum Gasteiger partial charge on any atom is -0.398 e. The predicted octanol–water partition coefficient (Wildman–Crippen LogP) is 6.76. The van der Waals surface area contributed by atoms with Gasteiger partial charge in [0.25, 0.3) is 0 Å². The number of thioether (sulfide) groups is 2. The van der Waals surface area contributed by atoms with Gasteiger partial charge in [-0.2, -0.15) is 23.5 Å². The highest BCUT2D eigenvalue weighted by molar-refractivity contribution is 7.98.